The van der Waals surface area contributed by atoms with E-state index in [4.69, 9.17) is 4.74 Å². The molecule has 160 valence electrons. The summed E-state index contributed by atoms with van der Waals surface area (Å²) in [5.74, 6) is 0.797. The quantitative estimate of drug-likeness (QED) is 0.585. The van der Waals surface area contributed by atoms with Crippen molar-refractivity contribution < 1.29 is 9.53 Å². The second kappa shape index (κ2) is 9.80. The average molecular weight is 415 g/mol. The maximum absolute atomic E-state index is 12.5. The smallest absolute Gasteiger partial charge is 0.251 e. The first-order chi connectivity index (χ1) is 15.1. The van der Waals surface area contributed by atoms with E-state index in [-0.39, 0.29) is 5.91 Å². The minimum absolute atomic E-state index is 0.0366. The van der Waals surface area contributed by atoms with Crippen molar-refractivity contribution in [1.82, 2.24) is 10.2 Å². The second-order valence-corrected chi connectivity index (χ2v) is 8.19. The van der Waals surface area contributed by atoms with Gasteiger partial charge in [0, 0.05) is 18.2 Å². The van der Waals surface area contributed by atoms with E-state index >= 15 is 0 Å². The zero-order chi connectivity index (χ0) is 21.6. The first-order valence-electron chi connectivity index (χ1n) is 11.0. The van der Waals surface area contributed by atoms with Gasteiger partial charge in [-0.05, 0) is 79.4 Å². The van der Waals surface area contributed by atoms with Crippen molar-refractivity contribution in [2.75, 3.05) is 27.2 Å². The fourth-order valence-electron chi connectivity index (χ4n) is 4.26. The summed E-state index contributed by atoms with van der Waals surface area (Å²) in [6, 6.07) is 25.0. The molecular weight excluding hydrogens is 384 g/mol. The number of carbonyl (C=O) groups is 1. The molecule has 1 amide bonds. The van der Waals surface area contributed by atoms with Gasteiger partial charge in [-0.1, -0.05) is 48.5 Å². The minimum Gasteiger partial charge on any atom is -0.497 e. The first-order valence-corrected chi connectivity index (χ1v) is 11.0. The lowest BCUT2D eigenvalue weighted by molar-refractivity contribution is 0.0954. The molecule has 31 heavy (non-hydrogen) atoms. The van der Waals surface area contributed by atoms with Gasteiger partial charge < -0.3 is 10.1 Å². The van der Waals surface area contributed by atoms with E-state index in [9.17, 15) is 4.79 Å². The van der Waals surface area contributed by atoms with Crippen LogP contribution in [0, 0.1) is 0 Å². The fourth-order valence-corrected chi connectivity index (χ4v) is 4.26. The Morgan fingerprint density at radius 1 is 0.968 bits per heavy atom. The van der Waals surface area contributed by atoms with E-state index in [0.717, 1.165) is 23.3 Å². The molecule has 3 aromatic rings. The lowest BCUT2D eigenvalue weighted by Gasteiger charge is -2.20. The highest BCUT2D eigenvalue weighted by Gasteiger charge is 2.22. The van der Waals surface area contributed by atoms with Crippen molar-refractivity contribution >= 4 is 5.91 Å². The molecule has 0 aliphatic carbocycles. The molecule has 0 spiro atoms. The van der Waals surface area contributed by atoms with Crippen molar-refractivity contribution in [3.05, 3.63) is 89.5 Å². The van der Waals surface area contributed by atoms with E-state index in [1.165, 1.54) is 30.5 Å². The van der Waals surface area contributed by atoms with E-state index in [2.05, 4.69) is 41.5 Å². The standard InChI is InChI=1S/C27H30N2O2/c1-29-19-3-4-26(29)23-7-5-20(6-8-23)17-18-28-27(30)24-11-9-21(10-12-24)22-13-15-25(31-2)16-14-22/h5-16,26H,3-4,17-19H2,1-2H3,(H,28,30). The van der Waals surface area contributed by atoms with Gasteiger partial charge in [-0.2, -0.15) is 0 Å². The fraction of sp³-hybridized carbons (Fsp3) is 0.296. The number of likely N-dealkylation sites (tertiary alicyclic amines) is 1. The summed E-state index contributed by atoms with van der Waals surface area (Å²) >= 11 is 0. The zero-order valence-electron chi connectivity index (χ0n) is 18.3. The average Bonchev–Trinajstić information content (AvgIpc) is 3.25. The molecule has 1 aliphatic heterocycles. The third-order valence-corrected chi connectivity index (χ3v) is 6.15. The second-order valence-electron chi connectivity index (χ2n) is 8.19. The summed E-state index contributed by atoms with van der Waals surface area (Å²) in [5, 5.41) is 3.03. The van der Waals surface area contributed by atoms with Crippen molar-refractivity contribution in [2.45, 2.75) is 25.3 Å². The van der Waals surface area contributed by atoms with Gasteiger partial charge in [-0.25, -0.2) is 0 Å². The van der Waals surface area contributed by atoms with E-state index in [1.807, 2.05) is 48.5 Å². The molecule has 1 heterocycles. The van der Waals surface area contributed by atoms with Crippen LogP contribution in [0.25, 0.3) is 11.1 Å². The molecule has 4 rings (SSSR count). The molecule has 0 radical (unpaired) electrons. The van der Waals surface area contributed by atoms with Crippen LogP contribution in [0.15, 0.2) is 72.8 Å². The molecule has 4 nitrogen and oxygen atoms in total. The molecule has 1 saturated heterocycles. The molecule has 0 saturated carbocycles. The summed E-state index contributed by atoms with van der Waals surface area (Å²) in [6.07, 6.45) is 3.34. The number of rotatable bonds is 7. The Labute approximate surface area is 184 Å². The number of amides is 1. The number of nitrogens with zero attached hydrogens (tertiary/aromatic N) is 1. The third-order valence-electron chi connectivity index (χ3n) is 6.15. The number of hydrogen-bond donors (Lipinski definition) is 1. The van der Waals surface area contributed by atoms with E-state index in [1.54, 1.807) is 7.11 Å². The Kier molecular flexibility index (Phi) is 6.68. The number of ether oxygens (including phenoxy) is 1. The van der Waals surface area contributed by atoms with Gasteiger partial charge in [0.15, 0.2) is 0 Å². The highest BCUT2D eigenvalue weighted by atomic mass is 16.5. The Morgan fingerprint density at radius 2 is 1.61 bits per heavy atom. The molecule has 1 atom stereocenters. The van der Waals surface area contributed by atoms with Crippen LogP contribution in [-0.2, 0) is 6.42 Å². The lowest BCUT2D eigenvalue weighted by Crippen LogP contribution is -2.25. The zero-order valence-corrected chi connectivity index (χ0v) is 18.3. The highest BCUT2D eigenvalue weighted by Crippen LogP contribution is 2.30. The lowest BCUT2D eigenvalue weighted by atomic mass is 10.0. The van der Waals surface area contributed by atoms with Crippen molar-refractivity contribution in [3.63, 3.8) is 0 Å². The predicted molar refractivity (Wildman–Crippen MR) is 126 cm³/mol. The molecule has 3 aromatic carbocycles. The Morgan fingerprint density at radius 3 is 2.19 bits per heavy atom. The van der Waals surface area contributed by atoms with Crippen molar-refractivity contribution in [3.8, 4) is 16.9 Å². The van der Waals surface area contributed by atoms with Crippen LogP contribution < -0.4 is 10.1 Å². The number of carbonyl (C=O) groups excluding carboxylic acids is 1. The van der Waals surface area contributed by atoms with Gasteiger partial charge in [0.25, 0.3) is 5.91 Å². The van der Waals surface area contributed by atoms with Gasteiger partial charge in [0.1, 0.15) is 5.75 Å². The van der Waals surface area contributed by atoms with E-state index < -0.39 is 0 Å². The van der Waals surface area contributed by atoms with Crippen LogP contribution in [0.1, 0.15) is 40.4 Å². The SMILES string of the molecule is COc1ccc(-c2ccc(C(=O)NCCc3ccc(C4CCCN4C)cc3)cc2)cc1. The van der Waals surface area contributed by atoms with Crippen LogP contribution in [0.3, 0.4) is 0 Å². The normalized spacial score (nSPS) is 16.3. The van der Waals surface area contributed by atoms with Gasteiger partial charge >= 0.3 is 0 Å². The van der Waals surface area contributed by atoms with Crippen LogP contribution in [0.2, 0.25) is 0 Å². The van der Waals surface area contributed by atoms with Crippen LogP contribution in [0.4, 0.5) is 0 Å². The van der Waals surface area contributed by atoms with Gasteiger partial charge in [0.2, 0.25) is 0 Å². The van der Waals surface area contributed by atoms with Gasteiger partial charge in [-0.3, -0.25) is 9.69 Å². The summed E-state index contributed by atoms with van der Waals surface area (Å²) in [4.78, 5) is 14.9. The topological polar surface area (TPSA) is 41.6 Å². The number of hydrogen-bond acceptors (Lipinski definition) is 3. The van der Waals surface area contributed by atoms with E-state index in [0.29, 0.717) is 18.2 Å². The molecule has 1 aliphatic rings. The summed E-state index contributed by atoms with van der Waals surface area (Å²) < 4.78 is 5.20. The third kappa shape index (κ3) is 5.15. The summed E-state index contributed by atoms with van der Waals surface area (Å²) in [6.45, 7) is 1.81. The van der Waals surface area contributed by atoms with Gasteiger partial charge in [-0.15, -0.1) is 0 Å². The van der Waals surface area contributed by atoms with Crippen LogP contribution in [-0.4, -0.2) is 38.1 Å². The largest absolute Gasteiger partial charge is 0.497 e. The van der Waals surface area contributed by atoms with Crippen molar-refractivity contribution in [1.29, 1.82) is 0 Å². The molecule has 1 unspecified atom stereocenters. The maximum Gasteiger partial charge on any atom is 0.251 e. The summed E-state index contributed by atoms with van der Waals surface area (Å²) in [7, 11) is 3.86. The maximum atomic E-state index is 12.5. The minimum atomic E-state index is -0.0366. The number of nitrogens with one attached hydrogen (secondary N) is 1. The summed E-state index contributed by atoms with van der Waals surface area (Å²) in [5.41, 5.74) is 5.49. The Bertz CT molecular complexity index is 995. The molecule has 1 N–H and O–H groups in total. The molecule has 0 bridgehead atoms. The number of benzene rings is 3. The van der Waals surface area contributed by atoms with Crippen molar-refractivity contribution in [2.24, 2.45) is 0 Å². The Balaban J connectivity index is 1.28. The van der Waals surface area contributed by atoms with Gasteiger partial charge in [0.05, 0.1) is 7.11 Å². The predicted octanol–water partition coefficient (Wildman–Crippen LogP) is 5.10. The van der Waals surface area contributed by atoms with Crippen LogP contribution in [0.5, 0.6) is 5.75 Å². The molecule has 4 heteroatoms. The number of methoxy groups -OCH3 is 1. The molecule has 0 aromatic heterocycles. The highest BCUT2D eigenvalue weighted by molar-refractivity contribution is 5.94. The first kappa shape index (κ1) is 21.1. The molecule has 1 fully saturated rings. The van der Waals surface area contributed by atoms with Crippen LogP contribution >= 0.6 is 0 Å². The Hall–Kier alpha value is -3.11. The monoisotopic (exact) mass is 414 g/mol. The molecular formula is C27H30N2O2.